The Morgan fingerprint density at radius 3 is 2.26 bits per heavy atom. The van der Waals surface area contributed by atoms with Crippen LogP contribution >= 0.6 is 11.3 Å². The van der Waals surface area contributed by atoms with Crippen molar-refractivity contribution in [3.8, 4) is 10.6 Å². The number of alkyl halides is 5. The van der Waals surface area contributed by atoms with Crippen LogP contribution in [0, 0.1) is 6.92 Å². The van der Waals surface area contributed by atoms with Crippen molar-refractivity contribution < 1.29 is 35.2 Å². The molecule has 0 spiro atoms. The number of aromatic nitrogens is 1. The molecule has 0 aliphatic carbocycles. The van der Waals surface area contributed by atoms with Gasteiger partial charge in [-0.3, -0.25) is 4.79 Å². The number of carbonyl (C=O) groups excluding carboxylic acids is 1. The Bertz CT molecular complexity index is 1220. The van der Waals surface area contributed by atoms with Gasteiger partial charge in [0.2, 0.25) is 9.84 Å². The van der Waals surface area contributed by atoms with E-state index in [2.05, 4.69) is 10.3 Å². The predicted octanol–water partition coefficient (Wildman–Crippen LogP) is 5.39. The van der Waals surface area contributed by atoms with Crippen molar-refractivity contribution in [2.24, 2.45) is 0 Å². The van der Waals surface area contributed by atoms with Crippen molar-refractivity contribution in [1.82, 2.24) is 4.98 Å². The molecule has 0 saturated carbocycles. The average Bonchev–Trinajstić information content (AvgIpc) is 3.09. The molecule has 1 heterocycles. The number of nitrogens with one attached hydrogen (secondary N) is 1. The van der Waals surface area contributed by atoms with E-state index in [9.17, 15) is 35.2 Å². The summed E-state index contributed by atoms with van der Waals surface area (Å²) in [5.41, 5.74) is -0.566. The summed E-state index contributed by atoms with van der Waals surface area (Å²) in [5, 5.41) is 2.56. The maximum absolute atomic E-state index is 12.9. The van der Waals surface area contributed by atoms with Crippen LogP contribution in [0.25, 0.3) is 10.6 Å². The molecule has 0 aliphatic heterocycles. The van der Waals surface area contributed by atoms with Crippen LogP contribution in [0.2, 0.25) is 0 Å². The number of hydrogen-bond donors (Lipinski definition) is 1. The number of thiazole rings is 1. The van der Waals surface area contributed by atoms with Gasteiger partial charge < -0.3 is 5.32 Å². The van der Waals surface area contributed by atoms with E-state index < -0.39 is 38.1 Å². The topological polar surface area (TPSA) is 76.1 Å². The first-order valence-electron chi connectivity index (χ1n) is 8.48. The fourth-order valence-corrected chi connectivity index (χ4v) is 4.48. The molecule has 31 heavy (non-hydrogen) atoms. The molecule has 0 bridgehead atoms. The number of hydrogen-bond acceptors (Lipinski definition) is 5. The second kappa shape index (κ2) is 8.35. The molecule has 5 nitrogen and oxygen atoms in total. The van der Waals surface area contributed by atoms with Crippen molar-refractivity contribution in [1.29, 1.82) is 0 Å². The Balaban J connectivity index is 1.90. The quantitative estimate of drug-likeness (QED) is 0.502. The third-order valence-electron chi connectivity index (χ3n) is 4.14. The Morgan fingerprint density at radius 1 is 1.06 bits per heavy atom. The van der Waals surface area contributed by atoms with E-state index in [0.717, 1.165) is 29.5 Å². The zero-order valence-corrected chi connectivity index (χ0v) is 17.2. The standard InChI is InChI=1S/C19H13F5N2O3S2/c1-10-15(30-17(25-10)11-6-8-12(9-7-11)19(22,23)24)16(27)26-13-4-2-3-5-14(13)31(28,29)18(20)21/h2-9,18H,1H3,(H,26,27). The molecule has 164 valence electrons. The highest BCUT2D eigenvalue weighted by Crippen LogP contribution is 2.33. The number of para-hydroxylation sites is 1. The minimum atomic E-state index is -4.95. The molecule has 0 aliphatic rings. The maximum Gasteiger partial charge on any atom is 0.416 e. The number of carbonyl (C=O) groups is 1. The minimum Gasteiger partial charge on any atom is -0.320 e. The van der Waals surface area contributed by atoms with Gasteiger partial charge in [0.05, 0.1) is 21.8 Å². The molecule has 12 heteroatoms. The molecule has 1 amide bonds. The largest absolute Gasteiger partial charge is 0.416 e. The molecule has 1 aromatic heterocycles. The van der Waals surface area contributed by atoms with Gasteiger partial charge in [-0.2, -0.15) is 22.0 Å². The average molecular weight is 476 g/mol. The Labute approximate surface area is 177 Å². The highest BCUT2D eigenvalue weighted by Gasteiger charge is 2.31. The van der Waals surface area contributed by atoms with Crippen molar-refractivity contribution in [3.63, 3.8) is 0 Å². The molecule has 2 aromatic carbocycles. The van der Waals surface area contributed by atoms with E-state index >= 15 is 0 Å². The van der Waals surface area contributed by atoms with Crippen LogP contribution in [0.15, 0.2) is 53.4 Å². The number of halogens is 5. The smallest absolute Gasteiger partial charge is 0.320 e. The number of nitrogens with zero attached hydrogens (tertiary/aromatic N) is 1. The number of anilines is 1. The summed E-state index contributed by atoms with van der Waals surface area (Å²) >= 11 is 0.871. The van der Waals surface area contributed by atoms with Gasteiger partial charge in [0.15, 0.2) is 0 Å². The number of sulfone groups is 1. The van der Waals surface area contributed by atoms with E-state index in [1.54, 1.807) is 0 Å². The van der Waals surface area contributed by atoms with Crippen LogP contribution in [-0.2, 0) is 16.0 Å². The monoisotopic (exact) mass is 476 g/mol. The minimum absolute atomic E-state index is 0.0548. The lowest BCUT2D eigenvalue weighted by atomic mass is 10.1. The Kier molecular flexibility index (Phi) is 6.14. The maximum atomic E-state index is 12.9. The first-order valence-corrected chi connectivity index (χ1v) is 10.8. The second-order valence-corrected chi connectivity index (χ2v) is 9.15. The van der Waals surface area contributed by atoms with E-state index in [0.29, 0.717) is 5.56 Å². The van der Waals surface area contributed by atoms with E-state index in [-0.39, 0.29) is 21.3 Å². The van der Waals surface area contributed by atoms with Crippen LogP contribution in [0.5, 0.6) is 0 Å². The lowest BCUT2D eigenvalue weighted by molar-refractivity contribution is -0.137. The van der Waals surface area contributed by atoms with Crippen LogP contribution < -0.4 is 5.32 Å². The molecule has 1 N–H and O–H groups in total. The van der Waals surface area contributed by atoms with E-state index in [1.165, 1.54) is 37.3 Å². The lowest BCUT2D eigenvalue weighted by Gasteiger charge is -2.10. The zero-order valence-electron chi connectivity index (χ0n) is 15.6. The van der Waals surface area contributed by atoms with Gasteiger partial charge in [-0.1, -0.05) is 24.3 Å². The van der Waals surface area contributed by atoms with Crippen molar-refractivity contribution in [2.75, 3.05) is 5.32 Å². The number of aryl methyl sites for hydroxylation is 1. The van der Waals surface area contributed by atoms with E-state index in [1.807, 2.05) is 0 Å². The molecule has 0 radical (unpaired) electrons. The number of rotatable bonds is 5. The first kappa shape index (κ1) is 22.8. The summed E-state index contributed by atoms with van der Waals surface area (Å²) in [5.74, 6) is -4.45. The van der Waals surface area contributed by atoms with Gasteiger partial charge in [-0.25, -0.2) is 13.4 Å². The van der Waals surface area contributed by atoms with Crippen LogP contribution in [0.3, 0.4) is 0 Å². The summed E-state index contributed by atoms with van der Waals surface area (Å²) in [7, 11) is -4.95. The summed E-state index contributed by atoms with van der Waals surface area (Å²) in [6, 6.07) is 8.93. The zero-order chi connectivity index (χ0) is 23.0. The number of benzene rings is 2. The fourth-order valence-electron chi connectivity index (χ4n) is 2.63. The molecule has 0 unspecified atom stereocenters. The van der Waals surface area contributed by atoms with Gasteiger partial charge in [0.25, 0.3) is 5.91 Å². The van der Waals surface area contributed by atoms with Crippen molar-refractivity contribution in [3.05, 3.63) is 64.7 Å². The normalized spacial score (nSPS) is 12.2. The van der Waals surface area contributed by atoms with Crippen LogP contribution in [0.1, 0.15) is 20.9 Å². The van der Waals surface area contributed by atoms with Gasteiger partial charge in [-0.15, -0.1) is 11.3 Å². The van der Waals surface area contributed by atoms with Gasteiger partial charge in [0, 0.05) is 5.56 Å². The molecule has 3 rings (SSSR count). The Hall–Kier alpha value is -2.86. The summed E-state index contributed by atoms with van der Waals surface area (Å²) in [6.07, 6.45) is -4.49. The highest BCUT2D eigenvalue weighted by atomic mass is 32.2. The van der Waals surface area contributed by atoms with Gasteiger partial charge in [0.1, 0.15) is 9.88 Å². The lowest BCUT2D eigenvalue weighted by Crippen LogP contribution is -2.17. The SMILES string of the molecule is Cc1nc(-c2ccc(C(F)(F)F)cc2)sc1C(=O)Nc1ccccc1S(=O)(=O)C(F)F. The van der Waals surface area contributed by atoms with Gasteiger partial charge in [-0.05, 0) is 31.2 Å². The molecule has 3 aromatic rings. The predicted molar refractivity (Wildman–Crippen MR) is 105 cm³/mol. The molecule has 0 fully saturated rings. The molecule has 0 saturated heterocycles. The van der Waals surface area contributed by atoms with E-state index in [4.69, 9.17) is 0 Å². The first-order chi connectivity index (χ1) is 14.4. The molecular weight excluding hydrogens is 463 g/mol. The van der Waals surface area contributed by atoms with Crippen LogP contribution in [-0.4, -0.2) is 25.1 Å². The second-order valence-electron chi connectivity index (χ2n) is 6.26. The van der Waals surface area contributed by atoms with Gasteiger partial charge >= 0.3 is 11.9 Å². The Morgan fingerprint density at radius 2 is 1.68 bits per heavy atom. The summed E-state index contributed by atoms with van der Waals surface area (Å²) in [6.45, 7) is 1.49. The third-order valence-corrected chi connectivity index (χ3v) is 6.78. The third kappa shape index (κ3) is 4.74. The molecular formula is C19H13F5N2O3S2. The van der Waals surface area contributed by atoms with Crippen molar-refractivity contribution in [2.45, 2.75) is 23.8 Å². The fraction of sp³-hybridized carbons (Fsp3) is 0.158. The molecule has 0 atom stereocenters. The van der Waals surface area contributed by atoms with Crippen molar-refractivity contribution >= 4 is 32.8 Å². The summed E-state index contributed by atoms with van der Waals surface area (Å²) < 4.78 is 87.6. The number of amides is 1. The highest BCUT2D eigenvalue weighted by molar-refractivity contribution is 7.91. The summed E-state index contributed by atoms with van der Waals surface area (Å²) in [4.78, 5) is 16.1. The van der Waals surface area contributed by atoms with Crippen LogP contribution in [0.4, 0.5) is 27.6 Å².